The second-order valence-electron chi connectivity index (χ2n) is 4.68. The molecule has 17 heavy (non-hydrogen) atoms. The smallest absolute Gasteiger partial charge is 0.0575 e. The van der Waals surface area contributed by atoms with E-state index in [2.05, 4.69) is 20.8 Å². The minimum absolute atomic E-state index is 0.497. The van der Waals surface area contributed by atoms with Crippen LogP contribution in [0.2, 0.25) is 0 Å². The lowest BCUT2D eigenvalue weighted by molar-refractivity contribution is 0.0466. The maximum Gasteiger partial charge on any atom is 0.0575 e. The average Bonchev–Trinajstić information content (AvgIpc) is 2.34. The summed E-state index contributed by atoms with van der Waals surface area (Å²) in [6, 6.07) is 0. The van der Waals surface area contributed by atoms with Gasteiger partial charge in [0.2, 0.25) is 0 Å². The molecular formula is C15H32O2. The van der Waals surface area contributed by atoms with Crippen molar-refractivity contribution in [3.63, 3.8) is 0 Å². The van der Waals surface area contributed by atoms with E-state index in [0.29, 0.717) is 6.10 Å². The molecule has 0 aromatic carbocycles. The lowest BCUT2D eigenvalue weighted by Gasteiger charge is -2.16. The van der Waals surface area contributed by atoms with Gasteiger partial charge in [-0.1, -0.05) is 39.5 Å². The van der Waals surface area contributed by atoms with Crippen molar-refractivity contribution in [3.8, 4) is 0 Å². The van der Waals surface area contributed by atoms with Gasteiger partial charge in [0.1, 0.15) is 0 Å². The van der Waals surface area contributed by atoms with Crippen LogP contribution in [0, 0.1) is 0 Å². The lowest BCUT2D eigenvalue weighted by Crippen LogP contribution is -2.12. The topological polar surface area (TPSA) is 18.5 Å². The van der Waals surface area contributed by atoms with Crippen LogP contribution in [0.1, 0.15) is 72.1 Å². The van der Waals surface area contributed by atoms with Crippen LogP contribution in [-0.2, 0) is 9.47 Å². The van der Waals surface area contributed by atoms with Crippen LogP contribution in [0.5, 0.6) is 0 Å². The molecule has 2 heteroatoms. The second kappa shape index (κ2) is 14.0. The highest BCUT2D eigenvalue weighted by Crippen LogP contribution is 2.13. The summed E-state index contributed by atoms with van der Waals surface area (Å²) in [4.78, 5) is 0. The number of hydrogen-bond donors (Lipinski definition) is 0. The third kappa shape index (κ3) is 12.2. The molecule has 1 unspecified atom stereocenters. The normalized spacial score (nSPS) is 12.9. The molecule has 0 spiro atoms. The summed E-state index contributed by atoms with van der Waals surface area (Å²) in [5.41, 5.74) is 0. The first-order chi connectivity index (χ1) is 8.35. The molecule has 1 atom stereocenters. The summed E-state index contributed by atoms with van der Waals surface area (Å²) in [6.45, 7) is 9.19. The Bertz CT molecular complexity index is 137. The lowest BCUT2D eigenvalue weighted by atomic mass is 10.1. The first-order valence-electron chi connectivity index (χ1n) is 7.54. The van der Waals surface area contributed by atoms with Gasteiger partial charge in [-0.15, -0.1) is 0 Å². The van der Waals surface area contributed by atoms with Crippen molar-refractivity contribution in [2.75, 3.05) is 19.8 Å². The molecular weight excluding hydrogens is 212 g/mol. The zero-order valence-corrected chi connectivity index (χ0v) is 12.2. The van der Waals surface area contributed by atoms with E-state index in [-0.39, 0.29) is 0 Å². The maximum absolute atomic E-state index is 5.76. The first kappa shape index (κ1) is 16.9. The molecule has 0 saturated heterocycles. The molecule has 0 aliphatic carbocycles. The van der Waals surface area contributed by atoms with Crippen molar-refractivity contribution in [1.82, 2.24) is 0 Å². The van der Waals surface area contributed by atoms with Gasteiger partial charge in [0, 0.05) is 19.8 Å². The fourth-order valence-electron chi connectivity index (χ4n) is 1.98. The highest BCUT2D eigenvalue weighted by molar-refractivity contribution is 4.58. The molecule has 0 aliphatic rings. The molecule has 0 N–H and O–H groups in total. The Kier molecular flexibility index (Phi) is 13.9. The summed E-state index contributed by atoms with van der Waals surface area (Å²) in [5.74, 6) is 0. The first-order valence-corrected chi connectivity index (χ1v) is 7.54. The van der Waals surface area contributed by atoms with Crippen molar-refractivity contribution in [2.24, 2.45) is 0 Å². The number of ether oxygens (including phenoxy) is 2. The Morgan fingerprint density at radius 1 is 0.765 bits per heavy atom. The third-order valence-electron chi connectivity index (χ3n) is 2.95. The van der Waals surface area contributed by atoms with Gasteiger partial charge in [0.25, 0.3) is 0 Å². The average molecular weight is 244 g/mol. The Morgan fingerprint density at radius 3 is 2.18 bits per heavy atom. The zero-order valence-electron chi connectivity index (χ0n) is 12.2. The number of unbranched alkanes of at least 4 members (excludes halogenated alkanes) is 3. The van der Waals surface area contributed by atoms with E-state index < -0.39 is 0 Å². The molecule has 0 rings (SSSR count). The van der Waals surface area contributed by atoms with Crippen molar-refractivity contribution in [1.29, 1.82) is 0 Å². The van der Waals surface area contributed by atoms with Gasteiger partial charge in [-0.25, -0.2) is 0 Å². The Balaban J connectivity index is 3.34. The summed E-state index contributed by atoms with van der Waals surface area (Å²) in [7, 11) is 0. The van der Waals surface area contributed by atoms with Gasteiger partial charge >= 0.3 is 0 Å². The molecule has 0 aromatic heterocycles. The van der Waals surface area contributed by atoms with Crippen LogP contribution < -0.4 is 0 Å². The van der Waals surface area contributed by atoms with Crippen LogP contribution in [-0.4, -0.2) is 25.9 Å². The van der Waals surface area contributed by atoms with Crippen LogP contribution in [0.25, 0.3) is 0 Å². The van der Waals surface area contributed by atoms with E-state index >= 15 is 0 Å². The van der Waals surface area contributed by atoms with E-state index in [1.54, 1.807) is 0 Å². The monoisotopic (exact) mass is 244 g/mol. The quantitative estimate of drug-likeness (QED) is 0.442. The van der Waals surface area contributed by atoms with Crippen molar-refractivity contribution in [3.05, 3.63) is 0 Å². The predicted molar refractivity (Wildman–Crippen MR) is 74.5 cm³/mol. The molecule has 0 amide bonds. The molecule has 0 radical (unpaired) electrons. The molecule has 0 bridgehead atoms. The molecule has 0 fully saturated rings. The summed E-state index contributed by atoms with van der Waals surface area (Å²) < 4.78 is 11.2. The summed E-state index contributed by atoms with van der Waals surface area (Å²) in [5, 5.41) is 0. The van der Waals surface area contributed by atoms with E-state index in [1.165, 1.54) is 44.9 Å². The van der Waals surface area contributed by atoms with Crippen LogP contribution >= 0.6 is 0 Å². The van der Waals surface area contributed by atoms with E-state index in [4.69, 9.17) is 9.47 Å². The molecule has 2 nitrogen and oxygen atoms in total. The second-order valence-corrected chi connectivity index (χ2v) is 4.68. The largest absolute Gasteiger partial charge is 0.381 e. The van der Waals surface area contributed by atoms with Crippen LogP contribution in [0.4, 0.5) is 0 Å². The molecule has 0 saturated carbocycles. The summed E-state index contributed by atoms with van der Waals surface area (Å²) >= 11 is 0. The van der Waals surface area contributed by atoms with Crippen LogP contribution in [0.15, 0.2) is 0 Å². The Morgan fingerprint density at radius 2 is 1.53 bits per heavy atom. The van der Waals surface area contributed by atoms with Gasteiger partial charge < -0.3 is 9.47 Å². The van der Waals surface area contributed by atoms with Crippen molar-refractivity contribution in [2.45, 2.75) is 78.2 Å². The van der Waals surface area contributed by atoms with Crippen LogP contribution in [0.3, 0.4) is 0 Å². The fraction of sp³-hybridized carbons (Fsp3) is 1.00. The minimum atomic E-state index is 0.497. The maximum atomic E-state index is 5.76. The van der Waals surface area contributed by atoms with Gasteiger partial charge in [-0.2, -0.15) is 0 Å². The van der Waals surface area contributed by atoms with E-state index in [0.717, 1.165) is 26.2 Å². The molecule has 104 valence electrons. The van der Waals surface area contributed by atoms with Crippen molar-refractivity contribution >= 4 is 0 Å². The highest BCUT2D eigenvalue weighted by atomic mass is 16.5. The van der Waals surface area contributed by atoms with Gasteiger partial charge in [0.15, 0.2) is 0 Å². The summed E-state index contributed by atoms with van der Waals surface area (Å²) in [6.07, 6.45) is 10.4. The number of hydrogen-bond acceptors (Lipinski definition) is 2. The molecule has 0 heterocycles. The number of rotatable bonds is 13. The standard InChI is InChI=1S/C15H32O2/c1-4-7-11-15(17-6-3)12-9-8-10-14-16-13-5-2/h15H,4-14H2,1-3H3. The van der Waals surface area contributed by atoms with Gasteiger partial charge in [-0.3, -0.25) is 0 Å². The minimum Gasteiger partial charge on any atom is -0.381 e. The van der Waals surface area contributed by atoms with Gasteiger partial charge in [-0.05, 0) is 32.6 Å². The SMILES string of the molecule is CCCCC(CCCCCOCCC)OCC. The fourth-order valence-corrected chi connectivity index (χ4v) is 1.98. The highest BCUT2D eigenvalue weighted by Gasteiger charge is 2.07. The Labute approximate surface area is 108 Å². The Hall–Kier alpha value is -0.0800. The molecule has 0 aromatic rings. The zero-order chi connectivity index (χ0) is 12.8. The third-order valence-corrected chi connectivity index (χ3v) is 2.95. The van der Waals surface area contributed by atoms with Gasteiger partial charge in [0.05, 0.1) is 6.10 Å². The van der Waals surface area contributed by atoms with Crippen molar-refractivity contribution < 1.29 is 9.47 Å². The predicted octanol–water partition coefficient (Wildman–Crippen LogP) is 4.57. The molecule has 0 aliphatic heterocycles. The van der Waals surface area contributed by atoms with E-state index in [9.17, 15) is 0 Å². The van der Waals surface area contributed by atoms with E-state index in [1.807, 2.05) is 0 Å².